The second-order valence-electron chi connectivity index (χ2n) is 4.18. The number of rotatable bonds is 3. The summed E-state index contributed by atoms with van der Waals surface area (Å²) in [6.45, 7) is 3.66. The molecule has 1 heterocycles. The Morgan fingerprint density at radius 3 is 2.67 bits per heavy atom. The Balaban J connectivity index is 2.36. The fourth-order valence-electron chi connectivity index (χ4n) is 1.62. The van der Waals surface area contributed by atoms with Gasteiger partial charge in [0, 0.05) is 17.3 Å². The van der Waals surface area contributed by atoms with Crippen LogP contribution in [0.1, 0.15) is 24.2 Å². The summed E-state index contributed by atoms with van der Waals surface area (Å²) >= 11 is 0. The van der Waals surface area contributed by atoms with Crippen LogP contribution >= 0.6 is 0 Å². The zero-order chi connectivity index (χ0) is 13.1. The molecule has 1 aromatic heterocycles. The van der Waals surface area contributed by atoms with Gasteiger partial charge in [-0.1, -0.05) is 12.1 Å². The highest BCUT2D eigenvalue weighted by atomic mass is 19.1. The van der Waals surface area contributed by atoms with Crippen LogP contribution in [0.15, 0.2) is 36.5 Å². The highest BCUT2D eigenvalue weighted by Gasteiger charge is 2.13. The monoisotopic (exact) mass is 246 g/mol. The molecule has 0 fully saturated rings. The van der Waals surface area contributed by atoms with Gasteiger partial charge in [-0.25, -0.2) is 4.39 Å². The fraction of sp³-hybridized carbons (Fsp3) is 0.214. The smallest absolute Gasteiger partial charge is 0.167 e. The van der Waals surface area contributed by atoms with Crippen molar-refractivity contribution in [2.24, 2.45) is 5.73 Å². The molecule has 0 radical (unpaired) electrons. The zero-order valence-electron chi connectivity index (χ0n) is 10.4. The van der Waals surface area contributed by atoms with E-state index in [-0.39, 0.29) is 11.8 Å². The summed E-state index contributed by atoms with van der Waals surface area (Å²) in [5.41, 5.74) is 7.31. The van der Waals surface area contributed by atoms with E-state index in [1.54, 1.807) is 31.3 Å². The van der Waals surface area contributed by atoms with Gasteiger partial charge in [0.05, 0.1) is 6.20 Å². The molecule has 0 bridgehead atoms. The van der Waals surface area contributed by atoms with Gasteiger partial charge in [0.25, 0.3) is 0 Å². The number of halogens is 1. The molecule has 4 heteroatoms. The molecular formula is C14H15FN2O. The average Bonchev–Trinajstić information content (AvgIpc) is 2.34. The van der Waals surface area contributed by atoms with Gasteiger partial charge in [-0.15, -0.1) is 0 Å². The van der Waals surface area contributed by atoms with E-state index in [1.165, 1.54) is 6.07 Å². The lowest BCUT2D eigenvalue weighted by atomic mass is 10.1. The molecule has 3 nitrogen and oxygen atoms in total. The predicted molar refractivity (Wildman–Crippen MR) is 68.1 cm³/mol. The van der Waals surface area contributed by atoms with E-state index in [2.05, 4.69) is 4.98 Å². The average molecular weight is 246 g/mol. The number of hydrogen-bond acceptors (Lipinski definition) is 3. The highest BCUT2D eigenvalue weighted by Crippen LogP contribution is 2.31. The maximum atomic E-state index is 13.8. The van der Waals surface area contributed by atoms with Crippen LogP contribution in [-0.4, -0.2) is 4.98 Å². The fourth-order valence-corrected chi connectivity index (χ4v) is 1.62. The number of nitrogens with zero attached hydrogens (tertiary/aromatic N) is 1. The Morgan fingerprint density at radius 1 is 1.28 bits per heavy atom. The molecule has 1 aromatic carbocycles. The summed E-state index contributed by atoms with van der Waals surface area (Å²) in [7, 11) is 0. The van der Waals surface area contributed by atoms with Crippen molar-refractivity contribution in [1.82, 2.24) is 4.98 Å². The SMILES string of the molecule is Cc1ccc(Oc2c(F)cccc2C(C)N)cn1. The highest BCUT2D eigenvalue weighted by molar-refractivity contribution is 5.40. The first-order valence-corrected chi connectivity index (χ1v) is 5.72. The molecule has 0 amide bonds. The minimum absolute atomic E-state index is 0.165. The van der Waals surface area contributed by atoms with E-state index in [0.717, 1.165) is 5.69 Å². The first-order chi connectivity index (χ1) is 8.58. The van der Waals surface area contributed by atoms with Crippen LogP contribution in [0.5, 0.6) is 11.5 Å². The van der Waals surface area contributed by atoms with Crippen LogP contribution < -0.4 is 10.5 Å². The van der Waals surface area contributed by atoms with Crippen molar-refractivity contribution < 1.29 is 9.13 Å². The quantitative estimate of drug-likeness (QED) is 0.903. The van der Waals surface area contributed by atoms with Crippen molar-refractivity contribution >= 4 is 0 Å². The first kappa shape index (κ1) is 12.5. The van der Waals surface area contributed by atoms with Gasteiger partial charge in [-0.3, -0.25) is 4.98 Å². The number of ether oxygens (including phenoxy) is 1. The van der Waals surface area contributed by atoms with Crippen molar-refractivity contribution in [3.63, 3.8) is 0 Å². The topological polar surface area (TPSA) is 48.1 Å². The molecule has 0 aliphatic carbocycles. The maximum Gasteiger partial charge on any atom is 0.167 e. The van der Waals surface area contributed by atoms with Gasteiger partial charge >= 0.3 is 0 Å². The molecule has 94 valence electrons. The predicted octanol–water partition coefficient (Wildman–Crippen LogP) is 3.34. The molecule has 0 aliphatic rings. The second-order valence-corrected chi connectivity index (χ2v) is 4.18. The number of nitrogens with two attached hydrogens (primary N) is 1. The zero-order valence-corrected chi connectivity index (χ0v) is 10.4. The molecule has 0 saturated heterocycles. The molecule has 1 atom stereocenters. The molecule has 1 unspecified atom stereocenters. The Bertz CT molecular complexity index is 538. The lowest BCUT2D eigenvalue weighted by molar-refractivity contribution is 0.431. The van der Waals surface area contributed by atoms with E-state index >= 15 is 0 Å². The Kier molecular flexibility index (Phi) is 3.58. The Labute approximate surface area is 105 Å². The number of aryl methyl sites for hydroxylation is 1. The summed E-state index contributed by atoms with van der Waals surface area (Å²) < 4.78 is 19.3. The number of aromatic nitrogens is 1. The van der Waals surface area contributed by atoms with E-state index < -0.39 is 5.82 Å². The van der Waals surface area contributed by atoms with Gasteiger partial charge in [0.1, 0.15) is 5.75 Å². The molecule has 18 heavy (non-hydrogen) atoms. The van der Waals surface area contributed by atoms with Crippen molar-refractivity contribution in [3.05, 3.63) is 53.6 Å². The van der Waals surface area contributed by atoms with Crippen LogP contribution in [0, 0.1) is 12.7 Å². The standard InChI is InChI=1S/C14H15FN2O/c1-9-6-7-11(8-17-9)18-14-12(10(2)16)4-3-5-13(14)15/h3-8,10H,16H2,1-2H3. The molecule has 0 spiro atoms. The van der Waals surface area contributed by atoms with E-state index in [4.69, 9.17) is 10.5 Å². The summed E-state index contributed by atoms with van der Waals surface area (Å²) in [6.07, 6.45) is 1.56. The van der Waals surface area contributed by atoms with Crippen LogP contribution in [0.2, 0.25) is 0 Å². The largest absolute Gasteiger partial charge is 0.452 e. The first-order valence-electron chi connectivity index (χ1n) is 5.72. The summed E-state index contributed by atoms with van der Waals surface area (Å²) in [6, 6.07) is 7.98. The Morgan fingerprint density at radius 2 is 2.06 bits per heavy atom. The molecule has 0 saturated carbocycles. The van der Waals surface area contributed by atoms with Gasteiger partial charge in [0.2, 0.25) is 0 Å². The summed E-state index contributed by atoms with van der Waals surface area (Å²) in [4.78, 5) is 4.10. The summed E-state index contributed by atoms with van der Waals surface area (Å²) in [5.74, 6) is 0.233. The molecule has 0 aliphatic heterocycles. The molecule has 2 N–H and O–H groups in total. The third kappa shape index (κ3) is 2.65. The van der Waals surface area contributed by atoms with E-state index in [9.17, 15) is 4.39 Å². The minimum atomic E-state index is -0.426. The van der Waals surface area contributed by atoms with Crippen LogP contribution in [0.3, 0.4) is 0 Å². The van der Waals surface area contributed by atoms with Crippen molar-refractivity contribution in [3.8, 4) is 11.5 Å². The van der Waals surface area contributed by atoms with Gasteiger partial charge in [-0.2, -0.15) is 0 Å². The van der Waals surface area contributed by atoms with Gasteiger partial charge in [0.15, 0.2) is 11.6 Å². The van der Waals surface area contributed by atoms with E-state index in [1.807, 2.05) is 13.0 Å². The summed E-state index contributed by atoms with van der Waals surface area (Å²) in [5, 5.41) is 0. The maximum absolute atomic E-state index is 13.8. The van der Waals surface area contributed by atoms with Crippen LogP contribution in [0.25, 0.3) is 0 Å². The van der Waals surface area contributed by atoms with Crippen LogP contribution in [-0.2, 0) is 0 Å². The van der Waals surface area contributed by atoms with Crippen molar-refractivity contribution in [2.45, 2.75) is 19.9 Å². The number of hydrogen-bond donors (Lipinski definition) is 1. The van der Waals surface area contributed by atoms with Crippen LogP contribution in [0.4, 0.5) is 4.39 Å². The second kappa shape index (κ2) is 5.14. The number of pyridine rings is 1. The molecule has 2 rings (SSSR count). The lowest BCUT2D eigenvalue weighted by Gasteiger charge is -2.14. The lowest BCUT2D eigenvalue weighted by Crippen LogP contribution is -2.07. The third-order valence-electron chi connectivity index (χ3n) is 2.59. The van der Waals surface area contributed by atoms with E-state index in [0.29, 0.717) is 11.3 Å². The van der Waals surface area contributed by atoms with Crippen molar-refractivity contribution in [1.29, 1.82) is 0 Å². The molecular weight excluding hydrogens is 231 g/mol. The van der Waals surface area contributed by atoms with Crippen molar-refractivity contribution in [2.75, 3.05) is 0 Å². The number of para-hydroxylation sites is 1. The molecule has 2 aromatic rings. The third-order valence-corrected chi connectivity index (χ3v) is 2.59. The Hall–Kier alpha value is -1.94. The normalized spacial score (nSPS) is 12.2. The van der Waals surface area contributed by atoms with Gasteiger partial charge < -0.3 is 10.5 Å². The van der Waals surface area contributed by atoms with Gasteiger partial charge in [-0.05, 0) is 32.0 Å². The minimum Gasteiger partial charge on any atom is -0.452 e. The number of benzene rings is 1.